The molecule has 1 rings (SSSR count). The van der Waals surface area contributed by atoms with Crippen molar-refractivity contribution in [2.24, 2.45) is 7.05 Å². The lowest BCUT2D eigenvalue weighted by Gasteiger charge is -2.03. The van der Waals surface area contributed by atoms with Crippen molar-refractivity contribution in [1.29, 1.82) is 0 Å². The number of aryl methyl sites for hydroxylation is 2. The van der Waals surface area contributed by atoms with Gasteiger partial charge >= 0.3 is 0 Å². The number of thioether (sulfide) groups is 1. The van der Waals surface area contributed by atoms with Gasteiger partial charge in [-0.1, -0.05) is 77.6 Å². The Labute approximate surface area is 155 Å². The second kappa shape index (κ2) is 16.1. The van der Waals surface area contributed by atoms with E-state index in [9.17, 15) is 0 Å². The summed E-state index contributed by atoms with van der Waals surface area (Å²) < 4.78 is 4.39. The van der Waals surface area contributed by atoms with Crippen LogP contribution in [0.15, 0.2) is 18.7 Å². The van der Waals surface area contributed by atoms with Gasteiger partial charge in [-0.15, -0.1) is 0 Å². The lowest BCUT2D eigenvalue weighted by molar-refractivity contribution is -0.671. The second-order valence-corrected chi connectivity index (χ2v) is 8.40. The Morgan fingerprint density at radius 2 is 1.29 bits per heavy atom. The van der Waals surface area contributed by atoms with Gasteiger partial charge in [-0.25, -0.2) is 9.13 Å². The van der Waals surface area contributed by atoms with E-state index in [4.69, 9.17) is 0 Å². The minimum Gasteiger partial charge on any atom is -0.240 e. The Kier molecular flexibility index (Phi) is 14.4. The molecule has 24 heavy (non-hydrogen) atoms. The molecule has 0 aliphatic rings. The molecule has 0 saturated carbocycles. The first-order valence-corrected chi connectivity index (χ1v) is 11.6. The predicted molar refractivity (Wildman–Crippen MR) is 109 cm³/mol. The van der Waals surface area contributed by atoms with Crippen molar-refractivity contribution in [2.45, 2.75) is 96.9 Å². The van der Waals surface area contributed by atoms with E-state index in [1.807, 2.05) is 0 Å². The molecule has 0 N–H and O–H groups in total. The Balaban J connectivity index is 1.70. The maximum Gasteiger partial charge on any atom is 0.243 e. The highest BCUT2D eigenvalue weighted by atomic mass is 32.2. The van der Waals surface area contributed by atoms with E-state index in [2.05, 4.69) is 53.6 Å². The quantitative estimate of drug-likeness (QED) is 0.241. The first-order chi connectivity index (χ1) is 11.8. The zero-order chi connectivity index (χ0) is 17.3. The summed E-state index contributed by atoms with van der Waals surface area (Å²) in [6.07, 6.45) is 25.1. The number of nitrogens with zero attached hydrogens (tertiary/aromatic N) is 2. The van der Waals surface area contributed by atoms with E-state index in [0.717, 1.165) is 6.54 Å². The van der Waals surface area contributed by atoms with E-state index in [1.165, 1.54) is 95.0 Å². The van der Waals surface area contributed by atoms with E-state index < -0.39 is 0 Å². The number of unbranched alkanes of at least 4 members (excludes halogenated alkanes) is 11. The second-order valence-electron chi connectivity index (χ2n) is 7.17. The first kappa shape index (κ1) is 21.6. The van der Waals surface area contributed by atoms with Crippen LogP contribution in [0.25, 0.3) is 0 Å². The van der Waals surface area contributed by atoms with Gasteiger partial charge in [-0.2, -0.15) is 11.8 Å². The van der Waals surface area contributed by atoms with Crippen LogP contribution in [0, 0.1) is 0 Å². The largest absolute Gasteiger partial charge is 0.243 e. The Hall–Kier alpha value is -0.440. The van der Waals surface area contributed by atoms with Gasteiger partial charge in [0.2, 0.25) is 6.33 Å². The fourth-order valence-electron chi connectivity index (χ4n) is 3.13. The van der Waals surface area contributed by atoms with Gasteiger partial charge in [-0.3, -0.25) is 0 Å². The van der Waals surface area contributed by atoms with Crippen LogP contribution in [0.3, 0.4) is 0 Å². The fraction of sp³-hybridized carbons (Fsp3) is 0.857. The van der Waals surface area contributed by atoms with Crippen LogP contribution in [0.5, 0.6) is 0 Å². The minimum atomic E-state index is 1.16. The molecule has 0 aliphatic heterocycles. The lowest BCUT2D eigenvalue weighted by atomic mass is 10.1. The highest BCUT2D eigenvalue weighted by molar-refractivity contribution is 7.99. The molecule has 0 bridgehead atoms. The minimum absolute atomic E-state index is 1.16. The average molecular weight is 354 g/mol. The summed E-state index contributed by atoms with van der Waals surface area (Å²) in [4.78, 5) is 0. The smallest absolute Gasteiger partial charge is 0.240 e. The SMILES string of the molecule is CCCCCCCCCCCCCCSCCCn1cc[n+](C)c1. The standard InChI is InChI=1S/C21H41N2S/c1-3-4-5-6-7-8-9-10-11-12-13-14-19-24-20-15-16-23-18-17-22(2)21-23/h17-18,21H,3-16,19-20H2,1-2H3/q+1. The van der Waals surface area contributed by atoms with Gasteiger partial charge in [0, 0.05) is 0 Å². The summed E-state index contributed by atoms with van der Waals surface area (Å²) in [7, 11) is 2.08. The van der Waals surface area contributed by atoms with Crippen LogP contribution in [-0.2, 0) is 13.6 Å². The lowest BCUT2D eigenvalue weighted by Crippen LogP contribution is -2.23. The molecule has 0 aromatic carbocycles. The Bertz CT molecular complexity index is 376. The highest BCUT2D eigenvalue weighted by Crippen LogP contribution is 2.13. The van der Waals surface area contributed by atoms with Gasteiger partial charge < -0.3 is 0 Å². The third-order valence-corrected chi connectivity index (χ3v) is 5.83. The van der Waals surface area contributed by atoms with Crippen molar-refractivity contribution < 1.29 is 4.57 Å². The number of hydrogen-bond donors (Lipinski definition) is 0. The van der Waals surface area contributed by atoms with Crippen molar-refractivity contribution in [3.8, 4) is 0 Å². The Morgan fingerprint density at radius 3 is 1.83 bits per heavy atom. The van der Waals surface area contributed by atoms with Gasteiger partial charge in [-0.05, 0) is 24.3 Å². The van der Waals surface area contributed by atoms with Crippen molar-refractivity contribution in [3.05, 3.63) is 18.7 Å². The molecule has 1 aromatic heterocycles. The van der Waals surface area contributed by atoms with Crippen LogP contribution in [0.1, 0.15) is 90.4 Å². The topological polar surface area (TPSA) is 8.81 Å². The van der Waals surface area contributed by atoms with Crippen LogP contribution in [0.2, 0.25) is 0 Å². The first-order valence-electron chi connectivity index (χ1n) is 10.4. The Morgan fingerprint density at radius 1 is 0.750 bits per heavy atom. The van der Waals surface area contributed by atoms with E-state index >= 15 is 0 Å². The number of hydrogen-bond acceptors (Lipinski definition) is 1. The van der Waals surface area contributed by atoms with Crippen molar-refractivity contribution in [1.82, 2.24) is 4.57 Å². The maximum absolute atomic E-state index is 2.29. The molecule has 2 nitrogen and oxygen atoms in total. The maximum atomic E-state index is 2.29. The molecule has 140 valence electrons. The van der Waals surface area contributed by atoms with Crippen LogP contribution in [-0.4, -0.2) is 16.1 Å². The highest BCUT2D eigenvalue weighted by Gasteiger charge is 1.99. The van der Waals surface area contributed by atoms with E-state index in [-0.39, 0.29) is 0 Å². The molecule has 0 aliphatic carbocycles. The van der Waals surface area contributed by atoms with Gasteiger partial charge in [0.15, 0.2) is 0 Å². The zero-order valence-corrected chi connectivity index (χ0v) is 17.2. The zero-order valence-electron chi connectivity index (χ0n) is 16.3. The van der Waals surface area contributed by atoms with Crippen molar-refractivity contribution >= 4 is 11.8 Å². The molecule has 0 amide bonds. The molecule has 0 fully saturated rings. The van der Waals surface area contributed by atoms with E-state index in [1.54, 1.807) is 0 Å². The van der Waals surface area contributed by atoms with Gasteiger partial charge in [0.1, 0.15) is 12.4 Å². The molecular weight excluding hydrogens is 312 g/mol. The van der Waals surface area contributed by atoms with Crippen LogP contribution >= 0.6 is 11.8 Å². The average Bonchev–Trinajstić information content (AvgIpc) is 3.00. The molecular formula is C21H41N2S+. The molecule has 0 radical (unpaired) electrons. The third-order valence-electron chi connectivity index (χ3n) is 4.67. The predicted octanol–water partition coefficient (Wildman–Crippen LogP) is 6.14. The normalized spacial score (nSPS) is 11.2. The summed E-state index contributed by atoms with van der Waals surface area (Å²) in [6, 6.07) is 0. The monoisotopic (exact) mass is 353 g/mol. The number of aromatic nitrogens is 2. The van der Waals surface area contributed by atoms with Crippen molar-refractivity contribution in [2.75, 3.05) is 11.5 Å². The summed E-state index contributed by atoms with van der Waals surface area (Å²) in [5.41, 5.74) is 0. The van der Waals surface area contributed by atoms with Crippen LogP contribution in [0.4, 0.5) is 0 Å². The van der Waals surface area contributed by atoms with E-state index in [0.29, 0.717) is 0 Å². The van der Waals surface area contributed by atoms with Crippen LogP contribution < -0.4 is 4.57 Å². The van der Waals surface area contributed by atoms with Gasteiger partial charge in [0.05, 0.1) is 13.6 Å². The summed E-state index contributed by atoms with van der Waals surface area (Å²) in [6.45, 7) is 3.45. The summed E-state index contributed by atoms with van der Waals surface area (Å²) in [5.74, 6) is 2.66. The molecule has 0 spiro atoms. The van der Waals surface area contributed by atoms with Crippen molar-refractivity contribution in [3.63, 3.8) is 0 Å². The molecule has 1 heterocycles. The fourth-order valence-corrected chi connectivity index (χ4v) is 4.08. The number of rotatable bonds is 17. The summed E-state index contributed by atoms with van der Waals surface area (Å²) in [5, 5.41) is 0. The molecule has 0 atom stereocenters. The number of imidazole rings is 1. The van der Waals surface area contributed by atoms with Gasteiger partial charge in [0.25, 0.3) is 0 Å². The molecule has 0 unspecified atom stereocenters. The molecule has 3 heteroatoms. The molecule has 0 saturated heterocycles. The third kappa shape index (κ3) is 12.9. The summed E-state index contributed by atoms with van der Waals surface area (Å²) >= 11 is 2.14. The molecule has 1 aromatic rings.